The van der Waals surface area contributed by atoms with Crippen LogP contribution in [0.4, 0.5) is 24.5 Å². The van der Waals surface area contributed by atoms with Gasteiger partial charge in [0.2, 0.25) is 0 Å². The van der Waals surface area contributed by atoms with Crippen LogP contribution in [0.5, 0.6) is 0 Å². The second kappa shape index (κ2) is 15.7. The van der Waals surface area contributed by atoms with E-state index >= 15 is 0 Å². The normalized spacial score (nSPS) is 15.4. The van der Waals surface area contributed by atoms with Crippen molar-refractivity contribution in [3.8, 4) is 0 Å². The molecule has 0 fully saturated rings. The lowest BCUT2D eigenvalue weighted by atomic mass is 10.2. The van der Waals surface area contributed by atoms with Gasteiger partial charge in [0.05, 0.1) is 46.0 Å². The molecule has 2 heterocycles. The molecule has 2 N–H and O–H groups in total. The molecule has 1 aliphatic heterocycles. The third-order valence-corrected chi connectivity index (χ3v) is 10.7. The van der Waals surface area contributed by atoms with Crippen LogP contribution in [-0.2, 0) is 33.3 Å². The summed E-state index contributed by atoms with van der Waals surface area (Å²) in [5.74, 6) is 0.390. The molecule has 0 spiro atoms. The molecule has 0 unspecified atom stereocenters. The van der Waals surface area contributed by atoms with Gasteiger partial charge in [-0.2, -0.15) is 30.0 Å². The van der Waals surface area contributed by atoms with Gasteiger partial charge in [0.15, 0.2) is 11.0 Å². The average molecular weight is 785 g/mol. The highest BCUT2D eigenvalue weighted by Gasteiger charge is 2.32. The van der Waals surface area contributed by atoms with E-state index in [2.05, 4.69) is 0 Å². The van der Waals surface area contributed by atoms with Crippen LogP contribution >= 0.6 is 35.0 Å². The Bertz CT molecular complexity index is 2030. The third-order valence-electron chi connectivity index (χ3n) is 7.66. The maximum atomic E-state index is 13.2. The van der Waals surface area contributed by atoms with Crippen molar-refractivity contribution in [3.05, 3.63) is 75.8 Å². The maximum absolute atomic E-state index is 13.2. The summed E-state index contributed by atoms with van der Waals surface area (Å²) in [4.78, 5) is 3.87. The number of imidazole rings is 1. The van der Waals surface area contributed by atoms with Crippen LogP contribution in [0.1, 0.15) is 39.4 Å². The van der Waals surface area contributed by atoms with Crippen LogP contribution in [0, 0.1) is 0 Å². The molecule has 0 aliphatic carbocycles. The minimum absolute atomic E-state index is 0.0169. The molecule has 10 nitrogen and oxygen atoms in total. The lowest BCUT2D eigenvalue weighted by molar-refractivity contribution is -0.670. The number of rotatable bonds is 14. The zero-order valence-corrected chi connectivity index (χ0v) is 30.7. The molecular formula is C31H36Cl2F3N4O6S3+. The standard InChI is InChI=1S/C31H35Cl2F3N4O6S3/c1-4-37-25-11-10-22(47-31(34,35)36)18-26(25)39(14-6-16-48(41,42)43)29(37)12-8-21(3)9-13-30-38(5-2)27-19-23(32)24(33)20-28(27)40(30)15-7-17-49(44,45)46/h8-13,18-20H,4-7,14-17H2,1-3H3,(H-,41,42,43,44,45,46)/p+1. The van der Waals surface area contributed by atoms with Crippen molar-refractivity contribution in [3.63, 3.8) is 0 Å². The van der Waals surface area contributed by atoms with Gasteiger partial charge in [-0.15, -0.1) is 0 Å². The van der Waals surface area contributed by atoms with E-state index in [1.807, 2.05) is 53.4 Å². The lowest BCUT2D eigenvalue weighted by Gasteiger charge is -2.24. The van der Waals surface area contributed by atoms with E-state index in [0.29, 0.717) is 40.0 Å². The van der Waals surface area contributed by atoms with Gasteiger partial charge >= 0.3 is 5.51 Å². The lowest BCUT2D eigenvalue weighted by Crippen LogP contribution is -2.35. The molecule has 2 aromatic carbocycles. The first-order valence-electron chi connectivity index (χ1n) is 15.1. The molecule has 268 valence electrons. The van der Waals surface area contributed by atoms with Crippen molar-refractivity contribution in [2.24, 2.45) is 0 Å². The molecule has 1 aromatic heterocycles. The number of anilines is 2. The van der Waals surface area contributed by atoms with Gasteiger partial charge in [-0.25, -0.2) is 9.13 Å². The molecule has 0 amide bonds. The van der Waals surface area contributed by atoms with Crippen molar-refractivity contribution < 1.29 is 43.7 Å². The Kier molecular flexibility index (Phi) is 12.5. The molecule has 0 saturated heterocycles. The van der Waals surface area contributed by atoms with Crippen molar-refractivity contribution in [1.82, 2.24) is 4.57 Å². The molecule has 49 heavy (non-hydrogen) atoms. The Morgan fingerprint density at radius 3 is 2.08 bits per heavy atom. The van der Waals surface area contributed by atoms with E-state index in [1.165, 1.54) is 12.1 Å². The van der Waals surface area contributed by atoms with E-state index < -0.39 is 37.3 Å². The number of nitrogens with zero attached hydrogens (tertiary/aromatic N) is 4. The predicted octanol–water partition coefficient (Wildman–Crippen LogP) is 7.57. The summed E-state index contributed by atoms with van der Waals surface area (Å²) in [5, 5.41) is 0.681. The molecule has 0 saturated carbocycles. The van der Waals surface area contributed by atoms with Crippen molar-refractivity contribution in [2.45, 2.75) is 57.1 Å². The maximum Gasteiger partial charge on any atom is 0.446 e. The smallest absolute Gasteiger partial charge is 0.326 e. The van der Waals surface area contributed by atoms with Crippen LogP contribution in [0.3, 0.4) is 0 Å². The van der Waals surface area contributed by atoms with E-state index in [4.69, 9.17) is 23.2 Å². The fraction of sp³-hybridized carbons (Fsp3) is 0.387. The summed E-state index contributed by atoms with van der Waals surface area (Å²) in [5.41, 5.74) is -1.08. The number of aromatic nitrogens is 2. The topological polar surface area (TPSA) is 124 Å². The quantitative estimate of drug-likeness (QED) is 0.0738. The largest absolute Gasteiger partial charge is 0.446 e. The van der Waals surface area contributed by atoms with E-state index in [-0.39, 0.29) is 42.6 Å². The van der Waals surface area contributed by atoms with E-state index in [1.54, 1.807) is 28.8 Å². The van der Waals surface area contributed by atoms with Gasteiger partial charge in [0.25, 0.3) is 26.1 Å². The van der Waals surface area contributed by atoms with Gasteiger partial charge in [-0.1, -0.05) is 40.9 Å². The van der Waals surface area contributed by atoms with Crippen LogP contribution in [0.25, 0.3) is 17.1 Å². The van der Waals surface area contributed by atoms with Crippen molar-refractivity contribution in [2.75, 3.05) is 34.4 Å². The Hall–Kier alpha value is -2.73. The average Bonchev–Trinajstić information content (AvgIpc) is 3.43. The molecule has 1 aliphatic rings. The number of hydrogen-bond acceptors (Lipinski definition) is 7. The Morgan fingerprint density at radius 1 is 0.939 bits per heavy atom. The number of halogens is 5. The van der Waals surface area contributed by atoms with Gasteiger partial charge in [0.1, 0.15) is 5.82 Å². The summed E-state index contributed by atoms with van der Waals surface area (Å²) in [7, 11) is -8.43. The van der Waals surface area contributed by atoms with Crippen LogP contribution in [0.15, 0.2) is 64.8 Å². The monoisotopic (exact) mass is 783 g/mol. The summed E-state index contributed by atoms with van der Waals surface area (Å²) in [6.07, 6.45) is 7.48. The predicted molar refractivity (Wildman–Crippen MR) is 189 cm³/mol. The van der Waals surface area contributed by atoms with Gasteiger partial charge in [0, 0.05) is 36.5 Å². The fourth-order valence-corrected chi connectivity index (χ4v) is 7.54. The van der Waals surface area contributed by atoms with Crippen molar-refractivity contribution in [1.29, 1.82) is 0 Å². The zero-order chi connectivity index (χ0) is 36.3. The summed E-state index contributed by atoms with van der Waals surface area (Å²) >= 11 is 12.4. The molecule has 0 atom stereocenters. The van der Waals surface area contributed by atoms with Gasteiger partial charge in [-0.3, -0.25) is 9.11 Å². The first-order chi connectivity index (χ1) is 22.8. The zero-order valence-electron chi connectivity index (χ0n) is 26.8. The molecule has 18 heteroatoms. The highest BCUT2D eigenvalue weighted by Crippen LogP contribution is 2.45. The molecule has 0 radical (unpaired) electrons. The summed E-state index contributed by atoms with van der Waals surface area (Å²) in [6.45, 7) is 7.06. The Balaban J connectivity index is 1.75. The number of alkyl halides is 3. The first-order valence-corrected chi connectivity index (χ1v) is 19.9. The van der Waals surface area contributed by atoms with E-state index in [0.717, 1.165) is 22.8 Å². The minimum atomic E-state index is -4.49. The first kappa shape index (κ1) is 39.1. The number of aryl methyl sites for hydroxylation is 2. The second-order valence-electron chi connectivity index (χ2n) is 11.2. The molecule has 3 aromatic rings. The van der Waals surface area contributed by atoms with E-state index in [9.17, 15) is 39.1 Å². The van der Waals surface area contributed by atoms with Gasteiger partial charge in [-0.05, 0) is 69.3 Å². The fourth-order valence-electron chi connectivity index (χ4n) is 5.66. The Labute approximate surface area is 298 Å². The number of hydrogen-bond donors (Lipinski definition) is 2. The third kappa shape index (κ3) is 10.2. The van der Waals surface area contributed by atoms with Gasteiger partial charge < -0.3 is 9.80 Å². The van der Waals surface area contributed by atoms with Crippen LogP contribution in [-0.4, -0.2) is 60.6 Å². The summed E-state index contributed by atoms with van der Waals surface area (Å²) in [6, 6.07) is 7.85. The molecule has 4 rings (SSSR count). The number of thioether (sulfide) groups is 1. The highest BCUT2D eigenvalue weighted by atomic mass is 35.5. The molecule has 0 bridgehead atoms. The minimum Gasteiger partial charge on any atom is -0.326 e. The SMILES string of the molecule is CCN1\C(=C/C=C(C)\C=C\c2n(CCCS(=O)(=O)O)c3cc(SC(F)(F)F)ccc3[n+]2CC)N(CCCS(=O)(=O)O)c2cc(Cl)c(Cl)cc21. The van der Waals surface area contributed by atoms with Crippen molar-refractivity contribution >= 4 is 83.7 Å². The highest BCUT2D eigenvalue weighted by molar-refractivity contribution is 8.00. The number of benzene rings is 2. The second-order valence-corrected chi connectivity index (χ2v) is 16.2. The Morgan fingerprint density at radius 2 is 1.53 bits per heavy atom. The molecular weight excluding hydrogens is 748 g/mol. The van der Waals surface area contributed by atoms with Crippen LogP contribution < -0.4 is 14.4 Å². The number of fused-ring (bicyclic) bond motifs is 2. The number of allylic oxidation sites excluding steroid dienone is 4. The van der Waals surface area contributed by atoms with Crippen LogP contribution in [0.2, 0.25) is 10.0 Å². The summed E-state index contributed by atoms with van der Waals surface area (Å²) < 4.78 is 108.